The fourth-order valence-electron chi connectivity index (χ4n) is 2.23. The van der Waals surface area contributed by atoms with Crippen LogP contribution in [0.25, 0.3) is 0 Å². The second kappa shape index (κ2) is 14.1. The van der Waals surface area contributed by atoms with E-state index in [1.807, 2.05) is 6.08 Å². The Balaban J connectivity index is 3.38. The van der Waals surface area contributed by atoms with E-state index in [0.29, 0.717) is 12.8 Å². The van der Waals surface area contributed by atoms with Crippen molar-refractivity contribution in [1.29, 1.82) is 0 Å². The van der Waals surface area contributed by atoms with Gasteiger partial charge in [0.1, 0.15) is 0 Å². The zero-order valence-corrected chi connectivity index (χ0v) is 13.0. The van der Waals surface area contributed by atoms with E-state index in [1.54, 1.807) is 0 Å². The summed E-state index contributed by atoms with van der Waals surface area (Å²) in [5.41, 5.74) is 0. The molecule has 0 saturated carbocycles. The fraction of sp³-hybridized carbons (Fsp3) is 0.882. The number of hydrogen-bond acceptors (Lipinski definition) is 2. The predicted molar refractivity (Wildman–Crippen MR) is 83.3 cm³/mol. The molecule has 0 fully saturated rings. The van der Waals surface area contributed by atoms with Crippen molar-refractivity contribution in [3.05, 3.63) is 12.2 Å². The molecule has 2 nitrogen and oxygen atoms in total. The van der Waals surface area contributed by atoms with E-state index in [2.05, 4.69) is 19.9 Å². The van der Waals surface area contributed by atoms with Crippen LogP contribution in [0.3, 0.4) is 0 Å². The molecule has 2 atom stereocenters. The summed E-state index contributed by atoms with van der Waals surface area (Å²) < 4.78 is 0. The van der Waals surface area contributed by atoms with E-state index in [-0.39, 0.29) is 12.2 Å². The minimum Gasteiger partial charge on any atom is -0.393 e. The lowest BCUT2D eigenvalue weighted by atomic mass is 10.1. The van der Waals surface area contributed by atoms with Crippen LogP contribution in [-0.2, 0) is 0 Å². The van der Waals surface area contributed by atoms with Crippen LogP contribution in [0, 0.1) is 0 Å². The summed E-state index contributed by atoms with van der Waals surface area (Å²) in [6.07, 6.45) is 15.5. The van der Waals surface area contributed by atoms with Crippen molar-refractivity contribution in [3.63, 3.8) is 0 Å². The molecule has 0 spiro atoms. The van der Waals surface area contributed by atoms with E-state index in [0.717, 1.165) is 19.3 Å². The lowest BCUT2D eigenvalue weighted by Gasteiger charge is -2.10. The van der Waals surface area contributed by atoms with Crippen LogP contribution in [0.2, 0.25) is 0 Å². The molecule has 0 bridgehead atoms. The lowest BCUT2D eigenvalue weighted by molar-refractivity contribution is 0.125. The summed E-state index contributed by atoms with van der Waals surface area (Å²) in [6.45, 7) is 4.31. The molecule has 0 aromatic heterocycles. The SMILES string of the molecule is CCCCCCCC/C=C/C(O)CCC(O)CCC. The Kier molecular flexibility index (Phi) is 13.8. The first kappa shape index (κ1) is 18.7. The molecule has 0 aliphatic heterocycles. The lowest BCUT2D eigenvalue weighted by Crippen LogP contribution is -2.11. The molecule has 0 radical (unpaired) electrons. The number of unbranched alkanes of at least 4 members (excludes halogenated alkanes) is 6. The van der Waals surface area contributed by atoms with Gasteiger partial charge in [-0.3, -0.25) is 0 Å². The smallest absolute Gasteiger partial charge is 0.0721 e. The van der Waals surface area contributed by atoms with Gasteiger partial charge in [-0.15, -0.1) is 0 Å². The van der Waals surface area contributed by atoms with Crippen LogP contribution in [0.5, 0.6) is 0 Å². The largest absolute Gasteiger partial charge is 0.393 e. The first-order valence-electron chi connectivity index (χ1n) is 8.23. The Morgan fingerprint density at radius 2 is 1.47 bits per heavy atom. The van der Waals surface area contributed by atoms with E-state index in [4.69, 9.17) is 0 Å². The standard InChI is InChI=1S/C17H34O2/c1-3-5-6-7-8-9-10-11-13-17(19)15-14-16(18)12-4-2/h11,13,16-19H,3-10,12,14-15H2,1-2H3/b13-11+. The first-order valence-corrected chi connectivity index (χ1v) is 8.23. The summed E-state index contributed by atoms with van der Waals surface area (Å²) >= 11 is 0. The molecule has 0 heterocycles. The first-order chi connectivity index (χ1) is 9.20. The van der Waals surface area contributed by atoms with Gasteiger partial charge in [-0.05, 0) is 32.1 Å². The zero-order chi connectivity index (χ0) is 14.3. The predicted octanol–water partition coefficient (Wildman–Crippen LogP) is 4.60. The molecule has 0 aromatic rings. The van der Waals surface area contributed by atoms with Crippen LogP contribution in [0.4, 0.5) is 0 Å². The molecule has 0 saturated heterocycles. The molecule has 0 aliphatic rings. The quantitative estimate of drug-likeness (QED) is 0.379. The van der Waals surface area contributed by atoms with Gasteiger partial charge < -0.3 is 10.2 Å². The van der Waals surface area contributed by atoms with Crippen LogP contribution in [0.15, 0.2) is 12.2 Å². The van der Waals surface area contributed by atoms with E-state index in [1.165, 1.54) is 38.5 Å². The second-order valence-corrected chi connectivity index (χ2v) is 5.57. The molecule has 0 amide bonds. The van der Waals surface area contributed by atoms with Gasteiger partial charge in [-0.1, -0.05) is 64.5 Å². The van der Waals surface area contributed by atoms with Gasteiger partial charge in [0.05, 0.1) is 12.2 Å². The van der Waals surface area contributed by atoms with E-state index >= 15 is 0 Å². The molecule has 2 N–H and O–H groups in total. The van der Waals surface area contributed by atoms with E-state index < -0.39 is 0 Å². The third kappa shape index (κ3) is 13.9. The van der Waals surface area contributed by atoms with Gasteiger partial charge in [0.2, 0.25) is 0 Å². The van der Waals surface area contributed by atoms with Crippen LogP contribution >= 0.6 is 0 Å². The molecule has 2 unspecified atom stereocenters. The van der Waals surface area contributed by atoms with E-state index in [9.17, 15) is 10.2 Å². The van der Waals surface area contributed by atoms with Gasteiger partial charge in [0.15, 0.2) is 0 Å². The second-order valence-electron chi connectivity index (χ2n) is 5.57. The summed E-state index contributed by atoms with van der Waals surface area (Å²) in [7, 11) is 0. The maximum atomic E-state index is 9.74. The highest BCUT2D eigenvalue weighted by Gasteiger charge is 2.05. The van der Waals surface area contributed by atoms with Crippen molar-refractivity contribution in [2.75, 3.05) is 0 Å². The average molecular weight is 270 g/mol. The van der Waals surface area contributed by atoms with Crippen molar-refractivity contribution in [3.8, 4) is 0 Å². The molecular formula is C17H34O2. The molecule has 2 heteroatoms. The summed E-state index contributed by atoms with van der Waals surface area (Å²) in [5, 5.41) is 19.3. The maximum absolute atomic E-state index is 9.74. The summed E-state index contributed by atoms with van der Waals surface area (Å²) in [6, 6.07) is 0. The third-order valence-electron chi connectivity index (χ3n) is 3.50. The highest BCUT2D eigenvalue weighted by atomic mass is 16.3. The van der Waals surface area contributed by atoms with Crippen molar-refractivity contribution >= 4 is 0 Å². The Morgan fingerprint density at radius 1 is 0.789 bits per heavy atom. The highest BCUT2D eigenvalue weighted by molar-refractivity contribution is 4.88. The van der Waals surface area contributed by atoms with Gasteiger partial charge in [0, 0.05) is 0 Å². The Morgan fingerprint density at radius 3 is 2.16 bits per heavy atom. The van der Waals surface area contributed by atoms with Crippen LogP contribution in [0.1, 0.15) is 84.5 Å². The van der Waals surface area contributed by atoms with Crippen molar-refractivity contribution in [2.24, 2.45) is 0 Å². The number of hydrogen-bond donors (Lipinski definition) is 2. The van der Waals surface area contributed by atoms with Gasteiger partial charge in [-0.25, -0.2) is 0 Å². The molecule has 0 aromatic carbocycles. The highest BCUT2D eigenvalue weighted by Crippen LogP contribution is 2.10. The molecule has 0 rings (SSSR count). The average Bonchev–Trinajstić information content (AvgIpc) is 2.40. The minimum atomic E-state index is -0.383. The van der Waals surface area contributed by atoms with Crippen LogP contribution < -0.4 is 0 Å². The summed E-state index contributed by atoms with van der Waals surface area (Å²) in [4.78, 5) is 0. The fourth-order valence-corrected chi connectivity index (χ4v) is 2.23. The molecule has 0 aliphatic carbocycles. The topological polar surface area (TPSA) is 40.5 Å². The number of aliphatic hydroxyl groups excluding tert-OH is 2. The Labute approximate surface area is 119 Å². The summed E-state index contributed by atoms with van der Waals surface area (Å²) in [5.74, 6) is 0. The molecule has 114 valence electrons. The van der Waals surface area contributed by atoms with Gasteiger partial charge in [-0.2, -0.15) is 0 Å². The number of allylic oxidation sites excluding steroid dienone is 1. The van der Waals surface area contributed by atoms with Crippen molar-refractivity contribution in [1.82, 2.24) is 0 Å². The maximum Gasteiger partial charge on any atom is 0.0721 e. The third-order valence-corrected chi connectivity index (χ3v) is 3.50. The zero-order valence-electron chi connectivity index (χ0n) is 13.0. The normalized spacial score (nSPS) is 14.9. The minimum absolute atomic E-state index is 0.244. The van der Waals surface area contributed by atoms with Crippen molar-refractivity contribution in [2.45, 2.75) is 96.7 Å². The van der Waals surface area contributed by atoms with Crippen molar-refractivity contribution < 1.29 is 10.2 Å². The number of aliphatic hydroxyl groups is 2. The van der Waals surface area contributed by atoms with Gasteiger partial charge >= 0.3 is 0 Å². The Bertz CT molecular complexity index is 201. The van der Waals surface area contributed by atoms with Crippen LogP contribution in [-0.4, -0.2) is 22.4 Å². The molecule has 19 heavy (non-hydrogen) atoms. The molecular weight excluding hydrogens is 236 g/mol. The van der Waals surface area contributed by atoms with Gasteiger partial charge in [0.25, 0.3) is 0 Å². The monoisotopic (exact) mass is 270 g/mol. The Hall–Kier alpha value is -0.340. The number of rotatable bonds is 13.